The fraction of sp³-hybridized carbons (Fsp3) is 0.730. The van der Waals surface area contributed by atoms with E-state index in [1.165, 1.54) is 18.4 Å². The average Bonchev–Trinajstić information content (AvgIpc) is 3.47. The van der Waals surface area contributed by atoms with E-state index >= 15 is 0 Å². The smallest absolute Gasteiger partial charge is 0.178 e. The van der Waals surface area contributed by atoms with E-state index in [1.807, 2.05) is 6.07 Å². The standard InChI is InChI=1S/C37H60O5S/c1-9-11-15-32-22-28(6)35(41-32)19-18-31(38)21-26(4)29(7)27(5)23-37-34(30(8)36(42-37)20-25(3)10-2)24-43(39,40)33-16-13-12-14-17-33/h12-14,16-17,25-27,30-32,34-38H,6-7,9-11,15,18-24H2,1-5,8H3/t25?,26-,27-,30-,31-,32+,34-,35?,36-,37?/m1/s1. The van der Waals surface area contributed by atoms with Gasteiger partial charge in [0, 0.05) is 5.92 Å². The second-order valence-corrected chi connectivity index (χ2v) is 15.9. The minimum Gasteiger partial charge on any atom is -0.393 e. The van der Waals surface area contributed by atoms with Gasteiger partial charge in [0.05, 0.1) is 41.2 Å². The summed E-state index contributed by atoms with van der Waals surface area (Å²) in [6, 6.07) is 8.80. The Balaban J connectivity index is 1.58. The highest BCUT2D eigenvalue weighted by molar-refractivity contribution is 7.91. The van der Waals surface area contributed by atoms with Crippen LogP contribution < -0.4 is 0 Å². The van der Waals surface area contributed by atoms with Crippen LogP contribution in [0.25, 0.3) is 0 Å². The minimum atomic E-state index is -3.43. The van der Waals surface area contributed by atoms with Gasteiger partial charge in [0.25, 0.3) is 0 Å². The lowest BCUT2D eigenvalue weighted by atomic mass is 9.80. The molecule has 43 heavy (non-hydrogen) atoms. The Morgan fingerprint density at radius 1 is 1.02 bits per heavy atom. The summed E-state index contributed by atoms with van der Waals surface area (Å²) in [6.07, 6.45) is 9.15. The molecule has 1 N–H and O–H groups in total. The Morgan fingerprint density at radius 2 is 1.72 bits per heavy atom. The van der Waals surface area contributed by atoms with E-state index in [4.69, 9.17) is 9.47 Å². The molecule has 5 nitrogen and oxygen atoms in total. The summed E-state index contributed by atoms with van der Waals surface area (Å²) in [5, 5.41) is 10.9. The fourth-order valence-corrected chi connectivity index (χ4v) is 8.83. The van der Waals surface area contributed by atoms with Crippen molar-refractivity contribution in [2.45, 2.75) is 141 Å². The lowest BCUT2D eigenvalue weighted by Crippen LogP contribution is -2.30. The van der Waals surface area contributed by atoms with Crippen molar-refractivity contribution in [1.29, 1.82) is 0 Å². The zero-order valence-electron chi connectivity index (χ0n) is 27.8. The van der Waals surface area contributed by atoms with Crippen molar-refractivity contribution < 1.29 is 23.0 Å². The van der Waals surface area contributed by atoms with E-state index in [-0.39, 0.29) is 53.8 Å². The Hall–Kier alpha value is -1.47. The van der Waals surface area contributed by atoms with Crippen LogP contribution >= 0.6 is 0 Å². The largest absolute Gasteiger partial charge is 0.393 e. The van der Waals surface area contributed by atoms with Crippen LogP contribution in [0.5, 0.6) is 0 Å². The number of ether oxygens (including phenoxy) is 2. The Labute approximate surface area is 263 Å². The van der Waals surface area contributed by atoms with Crippen LogP contribution in [0.2, 0.25) is 0 Å². The van der Waals surface area contributed by atoms with E-state index in [2.05, 4.69) is 54.7 Å². The second-order valence-electron chi connectivity index (χ2n) is 13.9. The van der Waals surface area contributed by atoms with Crippen molar-refractivity contribution in [3.63, 3.8) is 0 Å². The number of hydrogen-bond acceptors (Lipinski definition) is 5. The number of sulfone groups is 1. The molecular weight excluding hydrogens is 556 g/mol. The van der Waals surface area contributed by atoms with Crippen molar-refractivity contribution in [2.24, 2.45) is 29.6 Å². The molecule has 0 aliphatic carbocycles. The number of hydrogen-bond donors (Lipinski definition) is 1. The van der Waals surface area contributed by atoms with Gasteiger partial charge in [-0.15, -0.1) is 0 Å². The highest BCUT2D eigenvalue weighted by atomic mass is 32.2. The van der Waals surface area contributed by atoms with Crippen LogP contribution in [0.1, 0.15) is 106 Å². The highest BCUT2D eigenvalue weighted by Gasteiger charge is 2.44. The topological polar surface area (TPSA) is 72.8 Å². The lowest BCUT2D eigenvalue weighted by Gasteiger charge is -2.28. The summed E-state index contributed by atoms with van der Waals surface area (Å²) in [5.74, 6) is 1.02. The third-order valence-corrected chi connectivity index (χ3v) is 12.2. The first-order chi connectivity index (χ1) is 20.4. The van der Waals surface area contributed by atoms with Crippen molar-refractivity contribution in [1.82, 2.24) is 0 Å². The Bertz CT molecular complexity index is 1120. The summed E-state index contributed by atoms with van der Waals surface area (Å²) in [4.78, 5) is 0.384. The highest BCUT2D eigenvalue weighted by Crippen LogP contribution is 2.42. The maximum Gasteiger partial charge on any atom is 0.178 e. The number of benzene rings is 1. The van der Waals surface area contributed by atoms with E-state index in [0.29, 0.717) is 23.7 Å². The molecule has 2 aliphatic rings. The summed E-state index contributed by atoms with van der Waals surface area (Å²) < 4.78 is 39.8. The van der Waals surface area contributed by atoms with Gasteiger partial charge in [-0.1, -0.05) is 97.7 Å². The molecule has 0 amide bonds. The van der Waals surface area contributed by atoms with Crippen molar-refractivity contribution in [3.8, 4) is 0 Å². The molecule has 3 rings (SSSR count). The summed E-state index contributed by atoms with van der Waals surface area (Å²) in [7, 11) is -3.43. The fourth-order valence-electron chi connectivity index (χ4n) is 7.05. The van der Waals surface area contributed by atoms with Crippen LogP contribution in [0.15, 0.2) is 59.5 Å². The van der Waals surface area contributed by atoms with E-state index < -0.39 is 15.9 Å². The maximum absolute atomic E-state index is 13.4. The molecule has 2 aliphatic heterocycles. The van der Waals surface area contributed by atoms with Gasteiger partial charge in [0.1, 0.15) is 0 Å². The average molecular weight is 617 g/mol. The van der Waals surface area contributed by atoms with Gasteiger partial charge >= 0.3 is 0 Å². The van der Waals surface area contributed by atoms with Crippen molar-refractivity contribution in [2.75, 3.05) is 5.75 Å². The summed E-state index contributed by atoms with van der Waals surface area (Å²) in [6.45, 7) is 21.8. The van der Waals surface area contributed by atoms with Gasteiger partial charge in [-0.3, -0.25) is 0 Å². The molecule has 0 bridgehead atoms. The van der Waals surface area contributed by atoms with Crippen LogP contribution in [-0.2, 0) is 19.3 Å². The van der Waals surface area contributed by atoms with Gasteiger partial charge in [-0.2, -0.15) is 0 Å². The molecule has 3 unspecified atom stereocenters. The molecule has 244 valence electrons. The molecule has 6 heteroatoms. The zero-order chi connectivity index (χ0) is 31.7. The first-order valence-corrected chi connectivity index (χ1v) is 18.6. The quantitative estimate of drug-likeness (QED) is 0.167. The predicted octanol–water partition coefficient (Wildman–Crippen LogP) is 8.57. The van der Waals surface area contributed by atoms with Gasteiger partial charge in [0.15, 0.2) is 9.84 Å². The summed E-state index contributed by atoms with van der Waals surface area (Å²) >= 11 is 0. The normalized spacial score (nSPS) is 29.0. The first-order valence-electron chi connectivity index (χ1n) is 17.0. The van der Waals surface area contributed by atoms with Crippen LogP contribution in [0.3, 0.4) is 0 Å². The molecule has 2 fully saturated rings. The molecule has 0 radical (unpaired) electrons. The molecule has 0 aromatic heterocycles. The number of aliphatic hydroxyl groups excluding tert-OH is 1. The third-order valence-electron chi connectivity index (χ3n) is 10.4. The monoisotopic (exact) mass is 616 g/mol. The van der Waals surface area contributed by atoms with Crippen molar-refractivity contribution >= 4 is 9.84 Å². The maximum atomic E-state index is 13.4. The number of allylic oxidation sites excluding steroid dienone is 1. The number of rotatable bonds is 18. The van der Waals surface area contributed by atoms with Crippen LogP contribution in [-0.4, -0.2) is 49.8 Å². The molecule has 1 aromatic rings. The molecule has 2 saturated heterocycles. The third kappa shape index (κ3) is 10.3. The van der Waals surface area contributed by atoms with Crippen molar-refractivity contribution in [3.05, 3.63) is 54.6 Å². The van der Waals surface area contributed by atoms with Crippen LogP contribution in [0.4, 0.5) is 0 Å². The zero-order valence-corrected chi connectivity index (χ0v) is 28.7. The molecule has 0 spiro atoms. The molecular formula is C37H60O5S. The van der Waals surface area contributed by atoms with E-state index in [1.54, 1.807) is 24.3 Å². The van der Waals surface area contributed by atoms with E-state index in [9.17, 15) is 13.5 Å². The first kappa shape index (κ1) is 36.0. The van der Waals surface area contributed by atoms with Crippen LogP contribution in [0, 0.1) is 29.6 Å². The lowest BCUT2D eigenvalue weighted by molar-refractivity contribution is 0.00899. The number of unbranched alkanes of at least 4 members (excludes halogenated alkanes) is 1. The molecule has 1 aromatic carbocycles. The van der Waals surface area contributed by atoms with Gasteiger partial charge in [0.2, 0.25) is 0 Å². The second kappa shape index (κ2) is 16.7. The molecule has 2 heterocycles. The summed E-state index contributed by atoms with van der Waals surface area (Å²) in [5.41, 5.74) is 2.27. The minimum absolute atomic E-state index is 0.0583. The Kier molecular flexibility index (Phi) is 14.0. The number of aliphatic hydroxyl groups is 1. The molecule has 10 atom stereocenters. The molecule has 0 saturated carbocycles. The van der Waals surface area contributed by atoms with E-state index in [0.717, 1.165) is 44.1 Å². The van der Waals surface area contributed by atoms with Gasteiger partial charge in [-0.05, 0) is 86.3 Å². The predicted molar refractivity (Wildman–Crippen MR) is 178 cm³/mol. The van der Waals surface area contributed by atoms with Gasteiger partial charge < -0.3 is 14.6 Å². The Morgan fingerprint density at radius 3 is 2.37 bits per heavy atom. The van der Waals surface area contributed by atoms with Gasteiger partial charge in [-0.25, -0.2) is 8.42 Å². The SMILES string of the molecule is C=C1C[C@H](CCCC)OC1CC[C@@H](O)C[C@@H](C)C(=C)[C@H](C)CC1O[C@H](CC(C)CC)[C@H](C)[C@H]1CS(=O)(=O)c1ccccc1.